The smallest absolute Gasteiger partial charge is 0.244 e. The molecule has 0 saturated carbocycles. The summed E-state index contributed by atoms with van der Waals surface area (Å²) in [6, 6.07) is 1.47. The van der Waals surface area contributed by atoms with Gasteiger partial charge in [0.1, 0.15) is 16.4 Å². The number of hydrogen-bond donors (Lipinski definition) is 2. The Labute approximate surface area is 107 Å². The lowest BCUT2D eigenvalue weighted by Gasteiger charge is -2.22. The molecule has 1 aromatic heterocycles. The first kappa shape index (κ1) is 13.5. The van der Waals surface area contributed by atoms with Crippen molar-refractivity contribution in [3.05, 3.63) is 17.6 Å². The van der Waals surface area contributed by atoms with Crippen LogP contribution in [-0.2, 0) is 21.3 Å². The third-order valence-corrected chi connectivity index (χ3v) is 4.76. The van der Waals surface area contributed by atoms with E-state index in [1.165, 1.54) is 6.07 Å². The third-order valence-electron chi connectivity index (χ3n) is 3.01. The first-order valence-electron chi connectivity index (χ1n) is 5.77. The average Bonchev–Trinajstić information content (AvgIpc) is 2.84. The van der Waals surface area contributed by atoms with Crippen LogP contribution in [0.4, 0.5) is 0 Å². The van der Waals surface area contributed by atoms with Crippen LogP contribution in [0.25, 0.3) is 0 Å². The maximum atomic E-state index is 12.3. The fourth-order valence-corrected chi connectivity index (χ4v) is 3.64. The van der Waals surface area contributed by atoms with Crippen molar-refractivity contribution < 1.29 is 17.6 Å². The van der Waals surface area contributed by atoms with Crippen molar-refractivity contribution in [2.24, 2.45) is 5.73 Å². The zero-order valence-electron chi connectivity index (χ0n) is 10.5. The largest absolute Gasteiger partial charge is 0.464 e. The molecule has 102 valence electrons. The van der Waals surface area contributed by atoms with Crippen molar-refractivity contribution in [1.82, 2.24) is 4.72 Å². The van der Waals surface area contributed by atoms with Gasteiger partial charge >= 0.3 is 0 Å². The maximum absolute atomic E-state index is 12.3. The lowest BCUT2D eigenvalue weighted by molar-refractivity contribution is 0.178. The van der Waals surface area contributed by atoms with Gasteiger partial charge in [-0.2, -0.15) is 0 Å². The van der Waals surface area contributed by atoms with Crippen LogP contribution in [0.3, 0.4) is 0 Å². The Bertz CT molecular complexity index is 529. The summed E-state index contributed by atoms with van der Waals surface area (Å²) in [6.07, 6.45) is 0.660. The van der Waals surface area contributed by atoms with E-state index in [4.69, 9.17) is 14.9 Å². The molecule has 1 unspecified atom stereocenters. The van der Waals surface area contributed by atoms with E-state index in [2.05, 4.69) is 4.72 Å². The predicted octanol–water partition coefficient (Wildman–Crippen LogP) is 0.504. The summed E-state index contributed by atoms with van der Waals surface area (Å²) in [5.74, 6) is 0.811. The van der Waals surface area contributed by atoms with E-state index >= 15 is 0 Å². The van der Waals surface area contributed by atoms with Gasteiger partial charge in [0.2, 0.25) is 10.0 Å². The third kappa shape index (κ3) is 2.59. The Morgan fingerprint density at radius 3 is 2.78 bits per heavy atom. The van der Waals surface area contributed by atoms with Crippen LogP contribution >= 0.6 is 0 Å². The molecule has 1 fully saturated rings. The maximum Gasteiger partial charge on any atom is 0.244 e. The highest BCUT2D eigenvalue weighted by atomic mass is 32.2. The molecule has 1 aliphatic rings. The molecule has 0 bridgehead atoms. The second-order valence-electron chi connectivity index (χ2n) is 4.81. The quantitative estimate of drug-likeness (QED) is 0.834. The van der Waals surface area contributed by atoms with Gasteiger partial charge in [-0.25, -0.2) is 13.1 Å². The molecule has 0 aliphatic carbocycles. The number of furan rings is 1. The first-order chi connectivity index (χ1) is 8.36. The number of sulfonamides is 1. The number of nitrogens with two attached hydrogens (primary N) is 1. The Balaban J connectivity index is 2.27. The van der Waals surface area contributed by atoms with E-state index < -0.39 is 15.6 Å². The average molecular weight is 274 g/mol. The normalized spacial score (nSPS) is 24.6. The van der Waals surface area contributed by atoms with Gasteiger partial charge in [0.25, 0.3) is 0 Å². The Morgan fingerprint density at radius 2 is 2.28 bits per heavy atom. The summed E-state index contributed by atoms with van der Waals surface area (Å²) in [7, 11) is -3.60. The van der Waals surface area contributed by atoms with E-state index in [1.54, 1.807) is 6.92 Å². The van der Waals surface area contributed by atoms with Crippen LogP contribution in [0, 0.1) is 6.92 Å². The highest BCUT2D eigenvalue weighted by molar-refractivity contribution is 7.89. The molecule has 2 heterocycles. The summed E-state index contributed by atoms with van der Waals surface area (Å²) < 4.78 is 37.7. The number of hydrogen-bond acceptors (Lipinski definition) is 5. The van der Waals surface area contributed by atoms with Gasteiger partial charge in [0, 0.05) is 12.7 Å². The fourth-order valence-electron chi connectivity index (χ4n) is 2.02. The van der Waals surface area contributed by atoms with E-state index in [0.29, 0.717) is 31.2 Å². The van der Waals surface area contributed by atoms with Crippen LogP contribution < -0.4 is 10.5 Å². The van der Waals surface area contributed by atoms with Crippen LogP contribution in [0.5, 0.6) is 0 Å². The van der Waals surface area contributed by atoms with E-state index in [1.807, 2.05) is 6.92 Å². The number of rotatable bonds is 4. The van der Waals surface area contributed by atoms with Crippen molar-refractivity contribution in [3.63, 3.8) is 0 Å². The van der Waals surface area contributed by atoms with Gasteiger partial charge in [-0.05, 0) is 20.3 Å². The van der Waals surface area contributed by atoms with Crippen LogP contribution in [0.2, 0.25) is 0 Å². The SMILES string of the molecule is Cc1oc(CN)cc1S(=O)(=O)NC1(C)CCOC1. The Hall–Kier alpha value is -0.890. The lowest BCUT2D eigenvalue weighted by Crippen LogP contribution is -2.46. The van der Waals surface area contributed by atoms with Crippen molar-refractivity contribution in [1.29, 1.82) is 0 Å². The molecular weight excluding hydrogens is 256 g/mol. The molecule has 0 spiro atoms. The molecule has 0 amide bonds. The first-order valence-corrected chi connectivity index (χ1v) is 7.26. The molecular formula is C11H18N2O4S. The molecule has 3 N–H and O–H groups in total. The second-order valence-corrected chi connectivity index (χ2v) is 6.46. The number of aryl methyl sites for hydroxylation is 1. The minimum atomic E-state index is -3.60. The molecule has 18 heavy (non-hydrogen) atoms. The summed E-state index contributed by atoms with van der Waals surface area (Å²) in [5.41, 5.74) is 4.89. The second kappa shape index (κ2) is 4.65. The zero-order chi connectivity index (χ0) is 13.4. The van der Waals surface area contributed by atoms with Crippen molar-refractivity contribution in [3.8, 4) is 0 Å². The van der Waals surface area contributed by atoms with Gasteiger partial charge in [-0.1, -0.05) is 0 Å². The minimum Gasteiger partial charge on any atom is -0.464 e. The Kier molecular flexibility index (Phi) is 3.50. The van der Waals surface area contributed by atoms with Crippen LogP contribution in [-0.4, -0.2) is 27.2 Å². The van der Waals surface area contributed by atoms with Crippen LogP contribution in [0.1, 0.15) is 24.9 Å². The number of nitrogens with one attached hydrogen (secondary N) is 1. The predicted molar refractivity (Wildman–Crippen MR) is 65.5 cm³/mol. The van der Waals surface area contributed by atoms with Gasteiger partial charge in [-0.15, -0.1) is 0 Å². The molecule has 6 nitrogen and oxygen atoms in total. The monoisotopic (exact) mass is 274 g/mol. The van der Waals surface area contributed by atoms with Gasteiger partial charge < -0.3 is 14.9 Å². The van der Waals surface area contributed by atoms with Crippen LogP contribution in [0.15, 0.2) is 15.4 Å². The molecule has 1 aromatic rings. The van der Waals surface area contributed by atoms with Gasteiger partial charge in [0.05, 0.1) is 18.7 Å². The standard InChI is InChI=1S/C11H18N2O4S/c1-8-10(5-9(6-12)17-8)18(14,15)13-11(2)3-4-16-7-11/h5,13H,3-4,6-7,12H2,1-2H3. The van der Waals surface area contributed by atoms with Gasteiger partial charge in [-0.3, -0.25) is 0 Å². The number of ether oxygens (including phenoxy) is 1. The van der Waals surface area contributed by atoms with Gasteiger partial charge in [0.15, 0.2) is 0 Å². The molecule has 0 aromatic carbocycles. The molecule has 7 heteroatoms. The topological polar surface area (TPSA) is 94.6 Å². The summed E-state index contributed by atoms with van der Waals surface area (Å²) >= 11 is 0. The van der Waals surface area contributed by atoms with Crippen molar-refractivity contribution in [2.45, 2.75) is 37.2 Å². The lowest BCUT2D eigenvalue weighted by atomic mass is 10.0. The fraction of sp³-hybridized carbons (Fsp3) is 0.636. The molecule has 1 saturated heterocycles. The minimum absolute atomic E-state index is 0.149. The molecule has 0 radical (unpaired) electrons. The Morgan fingerprint density at radius 1 is 1.56 bits per heavy atom. The molecule has 1 aliphatic heterocycles. The van der Waals surface area contributed by atoms with E-state index in [0.717, 1.165) is 0 Å². The van der Waals surface area contributed by atoms with Crippen molar-refractivity contribution in [2.75, 3.05) is 13.2 Å². The highest BCUT2D eigenvalue weighted by Crippen LogP contribution is 2.24. The highest BCUT2D eigenvalue weighted by Gasteiger charge is 2.35. The van der Waals surface area contributed by atoms with E-state index in [9.17, 15) is 8.42 Å². The summed E-state index contributed by atoms with van der Waals surface area (Å²) in [5, 5.41) is 0. The summed E-state index contributed by atoms with van der Waals surface area (Å²) in [4.78, 5) is 0.149. The summed E-state index contributed by atoms with van der Waals surface area (Å²) in [6.45, 7) is 4.57. The molecule has 2 rings (SSSR count). The molecule has 1 atom stereocenters. The van der Waals surface area contributed by atoms with Crippen molar-refractivity contribution >= 4 is 10.0 Å². The van der Waals surface area contributed by atoms with E-state index in [-0.39, 0.29) is 11.4 Å². The zero-order valence-corrected chi connectivity index (χ0v) is 11.3.